The van der Waals surface area contributed by atoms with E-state index >= 15 is 0 Å². The predicted octanol–water partition coefficient (Wildman–Crippen LogP) is 3.71. The third kappa shape index (κ3) is 4.54. The number of aryl methyl sites for hydroxylation is 1. The van der Waals surface area contributed by atoms with Gasteiger partial charge in [-0.3, -0.25) is 4.90 Å². The van der Waals surface area contributed by atoms with E-state index in [0.717, 1.165) is 42.6 Å². The molecule has 3 rings (SSSR count). The number of rotatable bonds is 8. The Kier molecular flexibility index (Phi) is 5.80. The topological polar surface area (TPSA) is 55.3 Å². The number of hydrogen-bond donors (Lipinski definition) is 1. The first-order chi connectivity index (χ1) is 11.7. The smallest absolute Gasteiger partial charge is 0.162 e. The summed E-state index contributed by atoms with van der Waals surface area (Å²) in [7, 11) is 0. The van der Waals surface area contributed by atoms with Gasteiger partial charge in [0.25, 0.3) is 0 Å². The maximum absolute atomic E-state index is 5.78. The van der Waals surface area contributed by atoms with E-state index in [-0.39, 0.29) is 0 Å². The molecular formula is C19H23N3OS. The highest BCUT2D eigenvalue weighted by molar-refractivity contribution is 7.14. The van der Waals surface area contributed by atoms with Gasteiger partial charge in [0.05, 0.1) is 0 Å². The van der Waals surface area contributed by atoms with E-state index in [2.05, 4.69) is 40.2 Å². The molecule has 2 N–H and O–H groups in total. The minimum atomic E-state index is 0.665. The summed E-state index contributed by atoms with van der Waals surface area (Å²) in [6.45, 7) is 5.37. The van der Waals surface area contributed by atoms with Crippen molar-refractivity contribution in [3.63, 3.8) is 0 Å². The van der Waals surface area contributed by atoms with Crippen molar-refractivity contribution in [2.45, 2.75) is 19.9 Å². The van der Waals surface area contributed by atoms with E-state index in [9.17, 15) is 0 Å². The summed E-state index contributed by atoms with van der Waals surface area (Å²) >= 11 is 1.69. The van der Waals surface area contributed by atoms with Gasteiger partial charge in [-0.15, -0.1) is 11.3 Å². The van der Waals surface area contributed by atoms with Crippen LogP contribution in [0.15, 0.2) is 53.1 Å². The molecular weight excluding hydrogens is 318 g/mol. The number of benzene rings is 1. The molecule has 126 valence electrons. The Hall–Kier alpha value is -1.95. The SMILES string of the molecule is Cc1ccc(-c2ncc(CN(CCN)CCc3ccccc3)s2)o1. The van der Waals surface area contributed by atoms with Crippen LogP contribution in [0.5, 0.6) is 0 Å². The Morgan fingerprint density at radius 1 is 1.12 bits per heavy atom. The normalized spacial score (nSPS) is 11.3. The molecule has 4 nitrogen and oxygen atoms in total. The van der Waals surface area contributed by atoms with Crippen molar-refractivity contribution in [2.24, 2.45) is 5.73 Å². The van der Waals surface area contributed by atoms with Crippen LogP contribution in [0.25, 0.3) is 10.8 Å². The van der Waals surface area contributed by atoms with Gasteiger partial charge in [0.2, 0.25) is 0 Å². The zero-order chi connectivity index (χ0) is 16.8. The Balaban J connectivity index is 1.62. The molecule has 0 atom stereocenters. The molecule has 0 fully saturated rings. The first-order valence-electron chi connectivity index (χ1n) is 8.22. The van der Waals surface area contributed by atoms with Crippen LogP contribution in [0.2, 0.25) is 0 Å². The molecule has 0 saturated carbocycles. The molecule has 0 aliphatic rings. The van der Waals surface area contributed by atoms with Gasteiger partial charge in [-0.05, 0) is 31.0 Å². The quantitative estimate of drug-likeness (QED) is 0.678. The van der Waals surface area contributed by atoms with E-state index in [0.29, 0.717) is 6.54 Å². The van der Waals surface area contributed by atoms with Crippen LogP contribution in [0.3, 0.4) is 0 Å². The number of nitrogens with zero attached hydrogens (tertiary/aromatic N) is 2. The molecule has 0 bridgehead atoms. The number of hydrogen-bond acceptors (Lipinski definition) is 5. The van der Waals surface area contributed by atoms with Crippen molar-refractivity contribution in [2.75, 3.05) is 19.6 Å². The van der Waals surface area contributed by atoms with E-state index in [1.54, 1.807) is 11.3 Å². The minimum absolute atomic E-state index is 0.665. The van der Waals surface area contributed by atoms with Crippen LogP contribution < -0.4 is 5.73 Å². The summed E-state index contributed by atoms with van der Waals surface area (Å²) in [5, 5.41) is 0.939. The van der Waals surface area contributed by atoms with E-state index in [1.165, 1.54) is 10.4 Å². The van der Waals surface area contributed by atoms with E-state index in [1.807, 2.05) is 25.3 Å². The second-order valence-electron chi connectivity index (χ2n) is 5.84. The maximum atomic E-state index is 5.78. The zero-order valence-electron chi connectivity index (χ0n) is 13.9. The van der Waals surface area contributed by atoms with Gasteiger partial charge in [0.15, 0.2) is 10.8 Å². The van der Waals surface area contributed by atoms with E-state index < -0.39 is 0 Å². The van der Waals surface area contributed by atoms with Gasteiger partial charge in [-0.25, -0.2) is 4.98 Å². The van der Waals surface area contributed by atoms with Crippen LogP contribution in [-0.2, 0) is 13.0 Å². The zero-order valence-corrected chi connectivity index (χ0v) is 14.8. The number of furan rings is 1. The first kappa shape index (κ1) is 16.9. The van der Waals surface area contributed by atoms with Gasteiger partial charge < -0.3 is 10.2 Å². The first-order valence-corrected chi connectivity index (χ1v) is 9.04. The van der Waals surface area contributed by atoms with Crippen molar-refractivity contribution in [3.05, 3.63) is 64.9 Å². The Morgan fingerprint density at radius 3 is 2.67 bits per heavy atom. The van der Waals surface area contributed by atoms with Crippen LogP contribution >= 0.6 is 11.3 Å². The summed E-state index contributed by atoms with van der Waals surface area (Å²) in [6, 6.07) is 14.5. The van der Waals surface area contributed by atoms with Crippen LogP contribution in [0.1, 0.15) is 16.2 Å². The highest BCUT2D eigenvalue weighted by Crippen LogP contribution is 2.27. The Bertz CT molecular complexity index is 751. The molecule has 1 aromatic carbocycles. The largest absolute Gasteiger partial charge is 0.459 e. The number of aromatic nitrogens is 1. The average Bonchev–Trinajstić information content (AvgIpc) is 3.23. The standard InChI is InChI=1S/C19H23N3OS/c1-15-7-8-18(23-15)19-21-13-17(24-19)14-22(12-10-20)11-9-16-5-3-2-4-6-16/h2-8,13H,9-12,14,20H2,1H3. The Morgan fingerprint density at radius 2 is 1.96 bits per heavy atom. The molecule has 0 aliphatic carbocycles. The number of nitrogens with two attached hydrogens (primary N) is 1. The summed E-state index contributed by atoms with van der Waals surface area (Å²) in [5.41, 5.74) is 7.14. The van der Waals surface area contributed by atoms with Crippen LogP contribution in [0, 0.1) is 6.92 Å². The molecule has 0 radical (unpaired) electrons. The molecule has 0 unspecified atom stereocenters. The molecule has 24 heavy (non-hydrogen) atoms. The van der Waals surface area contributed by atoms with Gasteiger partial charge in [-0.2, -0.15) is 0 Å². The molecule has 0 spiro atoms. The molecule has 2 aromatic heterocycles. The number of thiazole rings is 1. The van der Waals surface area contributed by atoms with Crippen molar-refractivity contribution in [1.82, 2.24) is 9.88 Å². The van der Waals surface area contributed by atoms with Gasteiger partial charge in [-0.1, -0.05) is 30.3 Å². The maximum Gasteiger partial charge on any atom is 0.162 e. The fourth-order valence-corrected chi connectivity index (χ4v) is 3.57. The summed E-state index contributed by atoms with van der Waals surface area (Å²) in [4.78, 5) is 8.12. The van der Waals surface area contributed by atoms with Crippen LogP contribution in [-0.4, -0.2) is 29.5 Å². The van der Waals surface area contributed by atoms with Crippen molar-refractivity contribution < 1.29 is 4.42 Å². The molecule has 5 heteroatoms. The van der Waals surface area contributed by atoms with Crippen molar-refractivity contribution in [3.8, 4) is 10.8 Å². The lowest BCUT2D eigenvalue weighted by atomic mass is 10.1. The fourth-order valence-electron chi connectivity index (χ4n) is 2.65. The van der Waals surface area contributed by atoms with Gasteiger partial charge in [0.1, 0.15) is 5.76 Å². The summed E-state index contributed by atoms with van der Waals surface area (Å²) in [6.07, 6.45) is 2.98. The minimum Gasteiger partial charge on any atom is -0.459 e. The summed E-state index contributed by atoms with van der Waals surface area (Å²) < 4.78 is 5.66. The third-order valence-corrected chi connectivity index (χ3v) is 4.89. The molecule has 2 heterocycles. The predicted molar refractivity (Wildman–Crippen MR) is 99.0 cm³/mol. The Labute approximate surface area is 146 Å². The monoisotopic (exact) mass is 341 g/mol. The lowest BCUT2D eigenvalue weighted by Crippen LogP contribution is -2.30. The van der Waals surface area contributed by atoms with Crippen molar-refractivity contribution in [1.29, 1.82) is 0 Å². The lowest BCUT2D eigenvalue weighted by molar-refractivity contribution is 0.278. The second kappa shape index (κ2) is 8.24. The lowest BCUT2D eigenvalue weighted by Gasteiger charge is -2.20. The summed E-state index contributed by atoms with van der Waals surface area (Å²) in [5.74, 6) is 1.76. The molecule has 3 aromatic rings. The second-order valence-corrected chi connectivity index (χ2v) is 6.96. The fraction of sp³-hybridized carbons (Fsp3) is 0.316. The van der Waals surface area contributed by atoms with Crippen molar-refractivity contribution >= 4 is 11.3 Å². The molecule has 0 amide bonds. The third-order valence-electron chi connectivity index (χ3n) is 3.89. The highest BCUT2D eigenvalue weighted by Gasteiger charge is 2.11. The van der Waals surface area contributed by atoms with Crippen LogP contribution in [0.4, 0.5) is 0 Å². The van der Waals surface area contributed by atoms with Gasteiger partial charge in [0, 0.05) is 37.3 Å². The molecule has 0 aliphatic heterocycles. The molecule has 0 saturated heterocycles. The average molecular weight is 341 g/mol. The highest BCUT2D eigenvalue weighted by atomic mass is 32.1. The van der Waals surface area contributed by atoms with E-state index in [4.69, 9.17) is 10.2 Å². The van der Waals surface area contributed by atoms with Gasteiger partial charge >= 0.3 is 0 Å².